The molecule has 0 nitrogen and oxygen atoms in total. The maximum atomic E-state index is 15.2. The average Bonchev–Trinajstić information content (AvgIpc) is 2.97. The highest BCUT2D eigenvalue weighted by atomic mass is 19.1. The fourth-order valence-corrected chi connectivity index (χ4v) is 3.82. The minimum atomic E-state index is -0.867. The number of benzene rings is 3. The standard InChI is InChI=1S/C23H18F4/c1-2-3-4-13-5-6-18-14(7-13)10-20-19(18)12-21(26)22(23(20)27)15-8-16(24)11-17(25)9-15/h5-9,11-12H,2-4,10H2,1H3. The van der Waals surface area contributed by atoms with Gasteiger partial charge in [-0.3, -0.25) is 0 Å². The van der Waals surface area contributed by atoms with Crippen LogP contribution in [0.25, 0.3) is 22.3 Å². The van der Waals surface area contributed by atoms with Crippen LogP contribution in [0, 0.1) is 23.3 Å². The van der Waals surface area contributed by atoms with Gasteiger partial charge in [-0.25, -0.2) is 17.6 Å². The predicted octanol–water partition coefficient (Wildman–Crippen LogP) is 6.82. The Balaban J connectivity index is 1.81. The van der Waals surface area contributed by atoms with E-state index in [4.69, 9.17) is 0 Å². The number of hydrogen-bond donors (Lipinski definition) is 0. The van der Waals surface area contributed by atoms with E-state index >= 15 is 4.39 Å². The maximum absolute atomic E-state index is 15.2. The highest BCUT2D eigenvalue weighted by Crippen LogP contribution is 2.42. The normalized spacial score (nSPS) is 12.2. The summed E-state index contributed by atoms with van der Waals surface area (Å²) in [5.41, 5.74) is 3.33. The first-order chi connectivity index (χ1) is 13.0. The van der Waals surface area contributed by atoms with E-state index in [2.05, 4.69) is 6.92 Å². The Hall–Kier alpha value is -2.62. The lowest BCUT2D eigenvalue weighted by Gasteiger charge is -2.11. The number of aryl methyl sites for hydroxylation is 1. The van der Waals surface area contributed by atoms with E-state index in [1.54, 1.807) is 0 Å². The second-order valence-electron chi connectivity index (χ2n) is 7.00. The molecule has 0 radical (unpaired) electrons. The van der Waals surface area contributed by atoms with Crippen LogP contribution in [0.5, 0.6) is 0 Å². The minimum absolute atomic E-state index is 0.134. The molecule has 0 N–H and O–H groups in total. The van der Waals surface area contributed by atoms with Crippen molar-refractivity contribution < 1.29 is 17.6 Å². The monoisotopic (exact) mass is 370 g/mol. The quantitative estimate of drug-likeness (QED) is 0.346. The molecular weight excluding hydrogens is 352 g/mol. The number of halogens is 4. The summed E-state index contributed by atoms with van der Waals surface area (Å²) in [6, 6.07) is 9.80. The second-order valence-corrected chi connectivity index (χ2v) is 7.00. The molecule has 0 heterocycles. The van der Waals surface area contributed by atoms with E-state index in [9.17, 15) is 13.2 Å². The number of hydrogen-bond acceptors (Lipinski definition) is 0. The number of unbranched alkanes of at least 4 members (excludes halogenated alkanes) is 1. The van der Waals surface area contributed by atoms with Gasteiger partial charge in [-0.2, -0.15) is 0 Å². The summed E-state index contributed by atoms with van der Waals surface area (Å²) in [5.74, 6) is -3.30. The maximum Gasteiger partial charge on any atom is 0.138 e. The molecule has 4 rings (SSSR count). The zero-order valence-corrected chi connectivity index (χ0v) is 14.9. The largest absolute Gasteiger partial charge is 0.207 e. The van der Waals surface area contributed by atoms with Gasteiger partial charge in [0.2, 0.25) is 0 Å². The predicted molar refractivity (Wildman–Crippen MR) is 98.6 cm³/mol. The van der Waals surface area contributed by atoms with E-state index in [0.717, 1.165) is 42.5 Å². The Labute approximate surface area is 155 Å². The molecular formula is C23H18F4. The zero-order valence-electron chi connectivity index (χ0n) is 14.9. The molecule has 1 aliphatic carbocycles. The SMILES string of the molecule is CCCCc1ccc2c(c1)Cc1c-2cc(F)c(-c2cc(F)cc(F)c2)c1F. The Kier molecular flexibility index (Phi) is 4.50. The molecule has 0 aromatic heterocycles. The van der Waals surface area contributed by atoms with Gasteiger partial charge in [-0.05, 0) is 58.9 Å². The molecule has 0 atom stereocenters. The minimum Gasteiger partial charge on any atom is -0.207 e. The van der Waals surface area contributed by atoms with Crippen molar-refractivity contribution in [2.75, 3.05) is 0 Å². The van der Waals surface area contributed by atoms with Crippen LogP contribution in [-0.2, 0) is 12.8 Å². The first-order valence-corrected chi connectivity index (χ1v) is 9.07. The lowest BCUT2D eigenvalue weighted by atomic mass is 9.97. The van der Waals surface area contributed by atoms with Crippen molar-refractivity contribution in [1.82, 2.24) is 0 Å². The molecule has 27 heavy (non-hydrogen) atoms. The van der Waals surface area contributed by atoms with E-state index in [-0.39, 0.29) is 11.1 Å². The Bertz CT molecular complexity index is 1020. The van der Waals surface area contributed by atoms with Crippen molar-refractivity contribution in [3.8, 4) is 22.3 Å². The topological polar surface area (TPSA) is 0 Å². The van der Waals surface area contributed by atoms with Crippen molar-refractivity contribution in [2.45, 2.75) is 32.6 Å². The Morgan fingerprint density at radius 3 is 2.30 bits per heavy atom. The number of fused-ring (bicyclic) bond motifs is 3. The van der Waals surface area contributed by atoms with Gasteiger partial charge in [0.25, 0.3) is 0 Å². The van der Waals surface area contributed by atoms with E-state index in [1.165, 1.54) is 11.6 Å². The summed E-state index contributed by atoms with van der Waals surface area (Å²) >= 11 is 0. The Morgan fingerprint density at radius 1 is 0.852 bits per heavy atom. The van der Waals surface area contributed by atoms with Gasteiger partial charge in [0.05, 0.1) is 5.56 Å². The fraction of sp³-hybridized carbons (Fsp3) is 0.217. The van der Waals surface area contributed by atoms with Crippen LogP contribution in [0.15, 0.2) is 42.5 Å². The lowest BCUT2D eigenvalue weighted by molar-refractivity contribution is 0.575. The molecule has 0 unspecified atom stereocenters. The second kappa shape index (κ2) is 6.84. The van der Waals surface area contributed by atoms with Crippen LogP contribution in [0.4, 0.5) is 17.6 Å². The average molecular weight is 370 g/mol. The molecule has 1 aliphatic rings. The van der Waals surface area contributed by atoms with Gasteiger partial charge < -0.3 is 0 Å². The molecule has 3 aromatic rings. The summed E-state index contributed by atoms with van der Waals surface area (Å²) in [5, 5.41) is 0. The van der Waals surface area contributed by atoms with Crippen molar-refractivity contribution in [2.24, 2.45) is 0 Å². The van der Waals surface area contributed by atoms with Crippen LogP contribution in [0.2, 0.25) is 0 Å². The molecule has 0 fully saturated rings. The molecule has 0 saturated carbocycles. The summed E-state index contributed by atoms with van der Waals surface area (Å²) in [7, 11) is 0. The van der Waals surface area contributed by atoms with Crippen molar-refractivity contribution >= 4 is 0 Å². The highest BCUT2D eigenvalue weighted by Gasteiger charge is 2.27. The van der Waals surface area contributed by atoms with Crippen molar-refractivity contribution in [1.29, 1.82) is 0 Å². The van der Waals surface area contributed by atoms with E-state index in [1.807, 2.05) is 18.2 Å². The van der Waals surface area contributed by atoms with Gasteiger partial charge in [-0.15, -0.1) is 0 Å². The third kappa shape index (κ3) is 3.14. The molecule has 0 bridgehead atoms. The third-order valence-electron chi connectivity index (χ3n) is 5.12. The molecule has 3 aromatic carbocycles. The van der Waals surface area contributed by atoms with Crippen LogP contribution < -0.4 is 0 Å². The van der Waals surface area contributed by atoms with Crippen molar-refractivity contribution in [3.05, 3.63) is 82.4 Å². The summed E-state index contributed by atoms with van der Waals surface area (Å²) in [6.07, 6.45) is 3.46. The number of rotatable bonds is 4. The van der Waals surface area contributed by atoms with Crippen LogP contribution in [0.3, 0.4) is 0 Å². The first kappa shape index (κ1) is 17.8. The van der Waals surface area contributed by atoms with Gasteiger partial charge in [0.15, 0.2) is 0 Å². The van der Waals surface area contributed by atoms with E-state index in [0.29, 0.717) is 23.6 Å². The lowest BCUT2D eigenvalue weighted by Crippen LogP contribution is -1.98. The zero-order chi connectivity index (χ0) is 19.1. The molecule has 0 saturated heterocycles. The van der Waals surface area contributed by atoms with Crippen LogP contribution in [-0.4, -0.2) is 0 Å². The third-order valence-corrected chi connectivity index (χ3v) is 5.12. The van der Waals surface area contributed by atoms with Crippen molar-refractivity contribution in [3.63, 3.8) is 0 Å². The smallest absolute Gasteiger partial charge is 0.138 e. The van der Waals surface area contributed by atoms with Gasteiger partial charge in [0, 0.05) is 18.1 Å². The molecule has 0 spiro atoms. The summed E-state index contributed by atoms with van der Waals surface area (Å²) in [4.78, 5) is 0. The molecule has 138 valence electrons. The molecule has 4 heteroatoms. The van der Waals surface area contributed by atoms with Gasteiger partial charge in [-0.1, -0.05) is 31.5 Å². The van der Waals surface area contributed by atoms with Crippen LogP contribution in [0.1, 0.15) is 36.5 Å². The summed E-state index contributed by atoms with van der Waals surface area (Å²) < 4.78 is 56.9. The van der Waals surface area contributed by atoms with Gasteiger partial charge in [0.1, 0.15) is 23.3 Å². The fourth-order valence-electron chi connectivity index (χ4n) is 3.82. The van der Waals surface area contributed by atoms with E-state index < -0.39 is 23.3 Å². The highest BCUT2D eigenvalue weighted by molar-refractivity contribution is 5.81. The first-order valence-electron chi connectivity index (χ1n) is 9.07. The summed E-state index contributed by atoms with van der Waals surface area (Å²) in [6.45, 7) is 2.12. The molecule has 0 amide bonds. The molecule has 0 aliphatic heterocycles. The Morgan fingerprint density at radius 2 is 1.59 bits per heavy atom. The van der Waals surface area contributed by atoms with Gasteiger partial charge >= 0.3 is 0 Å². The van der Waals surface area contributed by atoms with Crippen LogP contribution >= 0.6 is 0 Å².